The average molecular weight is 529 g/mol. The molecule has 39 heavy (non-hydrogen) atoms. The number of hydrogen-bond acceptors (Lipinski definition) is 4. The average Bonchev–Trinajstić information content (AvgIpc) is 3.47. The van der Waals surface area contributed by atoms with Crippen molar-refractivity contribution in [2.75, 3.05) is 13.7 Å². The maximum Gasteiger partial charge on any atom is 0.243 e. The lowest BCUT2D eigenvalue weighted by atomic mass is 10.0. The van der Waals surface area contributed by atoms with Gasteiger partial charge >= 0.3 is 0 Å². The molecule has 0 radical (unpaired) electrons. The molecule has 0 saturated heterocycles. The van der Waals surface area contributed by atoms with Crippen molar-refractivity contribution in [3.05, 3.63) is 95.6 Å². The minimum absolute atomic E-state index is 0.0441. The summed E-state index contributed by atoms with van der Waals surface area (Å²) in [5, 5.41) is 3.26. The van der Waals surface area contributed by atoms with E-state index in [-0.39, 0.29) is 17.9 Å². The van der Waals surface area contributed by atoms with E-state index in [4.69, 9.17) is 9.47 Å². The lowest BCUT2D eigenvalue weighted by Gasteiger charge is -2.32. The lowest BCUT2D eigenvalue weighted by molar-refractivity contribution is -0.141. The molecule has 1 aliphatic rings. The van der Waals surface area contributed by atoms with Crippen LogP contribution in [0.15, 0.2) is 78.9 Å². The Morgan fingerprint density at radius 3 is 2.31 bits per heavy atom. The van der Waals surface area contributed by atoms with Crippen LogP contribution in [0.3, 0.4) is 0 Å². The molecular formula is C33H40N2O4. The molecule has 1 unspecified atom stereocenters. The number of hydrogen-bond donors (Lipinski definition) is 1. The van der Waals surface area contributed by atoms with E-state index < -0.39 is 6.04 Å². The summed E-state index contributed by atoms with van der Waals surface area (Å²) in [6, 6.07) is 25.1. The third-order valence-corrected chi connectivity index (χ3v) is 7.27. The molecule has 0 spiro atoms. The number of carbonyl (C=O) groups excluding carboxylic acids is 2. The molecule has 6 nitrogen and oxygen atoms in total. The van der Waals surface area contributed by atoms with Crippen molar-refractivity contribution in [1.82, 2.24) is 10.2 Å². The van der Waals surface area contributed by atoms with Crippen LogP contribution in [0, 0.1) is 6.92 Å². The van der Waals surface area contributed by atoms with E-state index in [2.05, 4.69) is 11.4 Å². The molecule has 0 aromatic heterocycles. The summed E-state index contributed by atoms with van der Waals surface area (Å²) in [6.45, 7) is 2.84. The Labute approximate surface area is 232 Å². The number of ether oxygens (including phenoxy) is 2. The molecule has 206 valence electrons. The van der Waals surface area contributed by atoms with Crippen LogP contribution in [0.5, 0.6) is 11.5 Å². The first-order chi connectivity index (χ1) is 19.0. The Bertz CT molecular complexity index is 1190. The van der Waals surface area contributed by atoms with E-state index in [1.54, 1.807) is 12.0 Å². The topological polar surface area (TPSA) is 67.9 Å². The van der Waals surface area contributed by atoms with E-state index in [1.165, 1.54) is 0 Å². The first-order valence-corrected chi connectivity index (χ1v) is 14.0. The molecule has 1 fully saturated rings. The van der Waals surface area contributed by atoms with Gasteiger partial charge in [0, 0.05) is 25.4 Å². The Balaban J connectivity index is 1.50. The van der Waals surface area contributed by atoms with Gasteiger partial charge in [-0.3, -0.25) is 9.59 Å². The van der Waals surface area contributed by atoms with E-state index >= 15 is 0 Å². The summed E-state index contributed by atoms with van der Waals surface area (Å²) in [4.78, 5) is 29.3. The van der Waals surface area contributed by atoms with Crippen LogP contribution in [-0.4, -0.2) is 42.5 Å². The van der Waals surface area contributed by atoms with Gasteiger partial charge in [-0.05, 0) is 61.6 Å². The molecule has 3 aromatic carbocycles. The lowest BCUT2D eigenvalue weighted by Crippen LogP contribution is -2.52. The second-order valence-electron chi connectivity index (χ2n) is 10.3. The van der Waals surface area contributed by atoms with E-state index in [0.717, 1.165) is 53.9 Å². The molecule has 2 amide bonds. The maximum absolute atomic E-state index is 13.8. The van der Waals surface area contributed by atoms with Gasteiger partial charge in [-0.25, -0.2) is 0 Å². The van der Waals surface area contributed by atoms with E-state index in [1.807, 2.05) is 79.7 Å². The van der Waals surface area contributed by atoms with Crippen LogP contribution in [0.4, 0.5) is 0 Å². The third-order valence-electron chi connectivity index (χ3n) is 7.27. The Kier molecular flexibility index (Phi) is 10.4. The molecule has 6 heteroatoms. The van der Waals surface area contributed by atoms with Gasteiger partial charge in [0.15, 0.2) is 0 Å². The highest BCUT2D eigenvalue weighted by atomic mass is 16.5. The first kappa shape index (κ1) is 28.2. The maximum atomic E-state index is 13.8. The minimum atomic E-state index is -0.594. The number of methoxy groups -OCH3 is 1. The summed E-state index contributed by atoms with van der Waals surface area (Å²) in [5.41, 5.74) is 3.18. The molecule has 0 bridgehead atoms. The summed E-state index contributed by atoms with van der Waals surface area (Å²) in [6.07, 6.45) is 5.58. The minimum Gasteiger partial charge on any atom is -0.497 e. The first-order valence-electron chi connectivity index (χ1n) is 14.0. The van der Waals surface area contributed by atoms with Gasteiger partial charge in [0.1, 0.15) is 17.5 Å². The van der Waals surface area contributed by atoms with Gasteiger partial charge in [0.05, 0.1) is 13.7 Å². The normalized spacial score (nSPS) is 14.0. The number of nitrogens with zero attached hydrogens (tertiary/aromatic N) is 1. The molecule has 1 N–H and O–H groups in total. The van der Waals surface area contributed by atoms with E-state index in [0.29, 0.717) is 32.4 Å². The van der Waals surface area contributed by atoms with Gasteiger partial charge in [-0.15, -0.1) is 0 Å². The number of amides is 2. The smallest absolute Gasteiger partial charge is 0.243 e. The summed E-state index contributed by atoms with van der Waals surface area (Å²) < 4.78 is 11.1. The van der Waals surface area contributed by atoms with Gasteiger partial charge < -0.3 is 19.7 Å². The van der Waals surface area contributed by atoms with Crippen molar-refractivity contribution >= 4 is 11.8 Å². The fraction of sp³-hybridized carbons (Fsp3) is 0.394. The zero-order chi connectivity index (χ0) is 27.5. The van der Waals surface area contributed by atoms with Crippen molar-refractivity contribution in [1.29, 1.82) is 0 Å². The standard InChI is InChI=1S/C33H40N2O4/c1-25-10-8-13-27(22-25)24-35(32(36)16-9-21-39-30-19-17-29(38-2)18-20-30)31(23-26-11-4-3-5-12-26)33(37)34-28-14-6-7-15-28/h3-5,8,10-13,17-20,22,28,31H,6-7,9,14-16,21,23-24H2,1-2H3,(H,34,37). The molecule has 1 aliphatic carbocycles. The van der Waals surface area contributed by atoms with Gasteiger partial charge in [0.2, 0.25) is 11.8 Å². The van der Waals surface area contributed by atoms with Crippen molar-refractivity contribution in [2.45, 2.75) is 70.5 Å². The molecule has 0 aliphatic heterocycles. The summed E-state index contributed by atoms with van der Waals surface area (Å²) >= 11 is 0. The fourth-order valence-corrected chi connectivity index (χ4v) is 5.16. The van der Waals surface area contributed by atoms with Crippen molar-refractivity contribution in [3.8, 4) is 11.5 Å². The number of aryl methyl sites for hydroxylation is 1. The second-order valence-corrected chi connectivity index (χ2v) is 10.3. The highest BCUT2D eigenvalue weighted by molar-refractivity contribution is 5.88. The predicted octanol–water partition coefficient (Wildman–Crippen LogP) is 5.86. The molecular weight excluding hydrogens is 488 g/mol. The molecule has 4 rings (SSSR count). The highest BCUT2D eigenvalue weighted by Crippen LogP contribution is 2.21. The van der Waals surface area contributed by atoms with Crippen LogP contribution in [0.2, 0.25) is 0 Å². The van der Waals surface area contributed by atoms with Crippen molar-refractivity contribution < 1.29 is 19.1 Å². The Morgan fingerprint density at radius 1 is 0.923 bits per heavy atom. The summed E-state index contributed by atoms with van der Waals surface area (Å²) in [5.74, 6) is 1.39. The van der Waals surface area contributed by atoms with Gasteiger partial charge in [-0.1, -0.05) is 73.0 Å². The monoisotopic (exact) mass is 528 g/mol. The van der Waals surface area contributed by atoms with Crippen molar-refractivity contribution in [2.24, 2.45) is 0 Å². The zero-order valence-electron chi connectivity index (χ0n) is 23.1. The quantitative estimate of drug-likeness (QED) is 0.282. The van der Waals surface area contributed by atoms with E-state index in [9.17, 15) is 9.59 Å². The fourth-order valence-electron chi connectivity index (χ4n) is 5.16. The summed E-state index contributed by atoms with van der Waals surface area (Å²) in [7, 11) is 1.63. The zero-order valence-corrected chi connectivity index (χ0v) is 23.1. The predicted molar refractivity (Wildman–Crippen MR) is 154 cm³/mol. The molecule has 3 aromatic rings. The highest BCUT2D eigenvalue weighted by Gasteiger charge is 2.32. The SMILES string of the molecule is COc1ccc(OCCCC(=O)N(Cc2cccc(C)c2)C(Cc2ccccc2)C(=O)NC2CCCC2)cc1. The Morgan fingerprint density at radius 2 is 1.62 bits per heavy atom. The van der Waals surface area contributed by atoms with Crippen LogP contribution in [-0.2, 0) is 22.6 Å². The third kappa shape index (κ3) is 8.60. The number of benzene rings is 3. The number of nitrogens with one attached hydrogen (secondary N) is 1. The van der Waals surface area contributed by atoms with Crippen LogP contribution in [0.1, 0.15) is 55.2 Å². The Hall–Kier alpha value is -3.80. The number of rotatable bonds is 13. The number of carbonyl (C=O) groups is 2. The van der Waals surface area contributed by atoms with Crippen molar-refractivity contribution in [3.63, 3.8) is 0 Å². The van der Waals surface area contributed by atoms with Crippen LogP contribution < -0.4 is 14.8 Å². The van der Waals surface area contributed by atoms with Gasteiger partial charge in [-0.2, -0.15) is 0 Å². The second kappa shape index (κ2) is 14.4. The van der Waals surface area contributed by atoms with Gasteiger partial charge in [0.25, 0.3) is 0 Å². The van der Waals surface area contributed by atoms with Crippen LogP contribution >= 0.6 is 0 Å². The molecule has 1 saturated carbocycles. The van der Waals surface area contributed by atoms with Crippen LogP contribution in [0.25, 0.3) is 0 Å². The molecule has 0 heterocycles. The largest absolute Gasteiger partial charge is 0.497 e. The molecule has 1 atom stereocenters.